The van der Waals surface area contributed by atoms with Crippen molar-refractivity contribution in [1.29, 1.82) is 0 Å². The van der Waals surface area contributed by atoms with Crippen LogP contribution in [0.5, 0.6) is 0 Å². The zero-order valence-corrected chi connectivity index (χ0v) is 15.3. The fourth-order valence-corrected chi connectivity index (χ4v) is 3.28. The van der Waals surface area contributed by atoms with E-state index in [-0.39, 0.29) is 11.9 Å². The van der Waals surface area contributed by atoms with E-state index in [4.69, 9.17) is 0 Å². The van der Waals surface area contributed by atoms with Gasteiger partial charge in [0.25, 0.3) is 0 Å². The van der Waals surface area contributed by atoms with Crippen LogP contribution in [0.4, 0.5) is 5.82 Å². The lowest BCUT2D eigenvalue weighted by molar-refractivity contribution is -0.122. The Labute approximate surface area is 155 Å². The Hall–Kier alpha value is -2.47. The molecule has 0 spiro atoms. The summed E-state index contributed by atoms with van der Waals surface area (Å²) in [6, 6.07) is 12.0. The molecule has 0 radical (unpaired) electrons. The third-order valence-electron chi connectivity index (χ3n) is 4.64. The van der Waals surface area contributed by atoms with Crippen LogP contribution in [-0.2, 0) is 11.3 Å². The minimum atomic E-state index is 0.116. The van der Waals surface area contributed by atoms with Crippen LogP contribution in [0.3, 0.4) is 0 Å². The van der Waals surface area contributed by atoms with Crippen LogP contribution in [0.15, 0.2) is 48.8 Å². The zero-order valence-electron chi connectivity index (χ0n) is 15.3. The number of nitrogens with zero attached hydrogens (tertiary/aromatic N) is 4. The number of hydrogen-bond acceptors (Lipinski definition) is 5. The number of amides is 1. The Morgan fingerprint density at radius 2 is 2.04 bits per heavy atom. The summed E-state index contributed by atoms with van der Waals surface area (Å²) in [5, 5.41) is 3.19. The van der Waals surface area contributed by atoms with Crippen molar-refractivity contribution < 1.29 is 4.79 Å². The first-order valence-electron chi connectivity index (χ1n) is 9.24. The maximum Gasteiger partial charge on any atom is 0.221 e. The van der Waals surface area contributed by atoms with Gasteiger partial charge in [-0.25, -0.2) is 4.98 Å². The minimum Gasteiger partial charge on any atom is -0.355 e. The first kappa shape index (κ1) is 18.3. The van der Waals surface area contributed by atoms with Gasteiger partial charge < -0.3 is 15.1 Å². The Bertz CT molecular complexity index is 679. The molecule has 2 aromatic heterocycles. The predicted molar refractivity (Wildman–Crippen MR) is 103 cm³/mol. The number of anilines is 1. The molecule has 1 fully saturated rings. The summed E-state index contributed by atoms with van der Waals surface area (Å²) in [7, 11) is 2.02. The minimum absolute atomic E-state index is 0.116. The number of hydrogen-bond donors (Lipinski definition) is 1. The van der Waals surface area contributed by atoms with E-state index >= 15 is 0 Å². The largest absolute Gasteiger partial charge is 0.355 e. The van der Waals surface area contributed by atoms with E-state index in [1.165, 1.54) is 0 Å². The van der Waals surface area contributed by atoms with Crippen molar-refractivity contribution in [3.63, 3.8) is 0 Å². The molecular weight excluding hydrogens is 326 g/mol. The van der Waals surface area contributed by atoms with Crippen LogP contribution in [-0.4, -0.2) is 53.5 Å². The van der Waals surface area contributed by atoms with Gasteiger partial charge in [-0.05, 0) is 44.2 Å². The number of pyridine rings is 2. The van der Waals surface area contributed by atoms with E-state index in [2.05, 4.69) is 25.1 Å². The second-order valence-corrected chi connectivity index (χ2v) is 6.85. The Morgan fingerprint density at radius 3 is 2.77 bits per heavy atom. The molecule has 26 heavy (non-hydrogen) atoms. The molecular formula is C20H27N5O. The molecule has 0 unspecified atom stereocenters. The summed E-state index contributed by atoms with van der Waals surface area (Å²) in [6.07, 6.45) is 6.21. The lowest BCUT2D eigenvalue weighted by atomic mass is 10.1. The fraction of sp³-hybridized carbons (Fsp3) is 0.450. The molecule has 0 saturated carbocycles. The van der Waals surface area contributed by atoms with Gasteiger partial charge in [-0.1, -0.05) is 12.1 Å². The highest BCUT2D eigenvalue weighted by Gasteiger charge is 2.22. The summed E-state index contributed by atoms with van der Waals surface area (Å²) in [5.41, 5.74) is 1.02. The van der Waals surface area contributed by atoms with E-state index < -0.39 is 0 Å². The molecule has 2 aromatic rings. The SMILES string of the molecule is CN(CCC(=O)N[C@H]1CCCN(c2ccccn2)C1)Cc1ccccn1. The predicted octanol–water partition coefficient (Wildman–Crippen LogP) is 2.08. The van der Waals surface area contributed by atoms with Crippen molar-refractivity contribution in [2.75, 3.05) is 31.6 Å². The van der Waals surface area contributed by atoms with Gasteiger partial charge in [0.1, 0.15) is 5.82 Å². The van der Waals surface area contributed by atoms with Crippen LogP contribution in [0.2, 0.25) is 0 Å². The zero-order chi connectivity index (χ0) is 18.2. The first-order chi connectivity index (χ1) is 12.7. The highest BCUT2D eigenvalue weighted by atomic mass is 16.1. The molecule has 3 rings (SSSR count). The van der Waals surface area contributed by atoms with Gasteiger partial charge in [-0.3, -0.25) is 9.78 Å². The first-order valence-corrected chi connectivity index (χ1v) is 9.24. The number of carbonyl (C=O) groups excluding carboxylic acids is 1. The van der Waals surface area contributed by atoms with E-state index in [9.17, 15) is 4.79 Å². The van der Waals surface area contributed by atoms with Crippen molar-refractivity contribution in [1.82, 2.24) is 20.2 Å². The van der Waals surface area contributed by atoms with Crippen molar-refractivity contribution in [3.8, 4) is 0 Å². The van der Waals surface area contributed by atoms with E-state index in [0.717, 1.165) is 50.5 Å². The van der Waals surface area contributed by atoms with Gasteiger partial charge in [0.05, 0.1) is 5.69 Å². The molecule has 6 nitrogen and oxygen atoms in total. The number of rotatable bonds is 7. The van der Waals surface area contributed by atoms with Crippen molar-refractivity contribution >= 4 is 11.7 Å². The quantitative estimate of drug-likeness (QED) is 0.826. The molecule has 1 saturated heterocycles. The normalized spacial score (nSPS) is 17.3. The molecule has 0 aliphatic carbocycles. The molecule has 1 atom stereocenters. The lowest BCUT2D eigenvalue weighted by Crippen LogP contribution is -2.48. The highest BCUT2D eigenvalue weighted by molar-refractivity contribution is 5.76. The van der Waals surface area contributed by atoms with Crippen LogP contribution < -0.4 is 10.2 Å². The average Bonchev–Trinajstić information content (AvgIpc) is 2.68. The number of carbonyl (C=O) groups is 1. The second kappa shape index (κ2) is 9.29. The Kier molecular flexibility index (Phi) is 6.55. The maximum atomic E-state index is 12.3. The van der Waals surface area contributed by atoms with Gasteiger partial charge >= 0.3 is 0 Å². The van der Waals surface area contributed by atoms with E-state index in [1.54, 1.807) is 6.20 Å². The summed E-state index contributed by atoms with van der Waals surface area (Å²) in [6.45, 7) is 3.30. The summed E-state index contributed by atoms with van der Waals surface area (Å²) in [4.78, 5) is 25.4. The number of aromatic nitrogens is 2. The monoisotopic (exact) mass is 353 g/mol. The molecule has 6 heteroatoms. The van der Waals surface area contributed by atoms with Crippen molar-refractivity contribution in [2.24, 2.45) is 0 Å². The number of piperidine rings is 1. The molecule has 1 amide bonds. The van der Waals surface area contributed by atoms with Crippen LogP contribution in [0.25, 0.3) is 0 Å². The van der Waals surface area contributed by atoms with Gasteiger partial charge in [-0.2, -0.15) is 0 Å². The average molecular weight is 353 g/mol. The lowest BCUT2D eigenvalue weighted by Gasteiger charge is -2.34. The van der Waals surface area contributed by atoms with Gasteiger partial charge in [-0.15, -0.1) is 0 Å². The van der Waals surface area contributed by atoms with Gasteiger partial charge in [0.2, 0.25) is 5.91 Å². The van der Waals surface area contributed by atoms with Crippen LogP contribution in [0.1, 0.15) is 25.0 Å². The van der Waals surface area contributed by atoms with Gasteiger partial charge in [0.15, 0.2) is 0 Å². The van der Waals surface area contributed by atoms with E-state index in [1.807, 2.05) is 49.6 Å². The summed E-state index contributed by atoms with van der Waals surface area (Å²) in [5.74, 6) is 1.10. The molecule has 138 valence electrons. The van der Waals surface area contributed by atoms with Crippen molar-refractivity contribution in [3.05, 3.63) is 54.5 Å². The standard InChI is InChI=1S/C20H27N5O/c1-24(15-17-7-2-4-11-21-17)14-10-20(26)23-18-8-6-13-25(16-18)19-9-3-5-12-22-19/h2-5,7,9,11-12,18H,6,8,10,13-16H2,1H3,(H,23,26)/t18-/m0/s1. The molecule has 3 heterocycles. The third kappa shape index (κ3) is 5.52. The molecule has 0 aromatic carbocycles. The van der Waals surface area contributed by atoms with E-state index in [0.29, 0.717) is 6.42 Å². The Morgan fingerprint density at radius 1 is 1.23 bits per heavy atom. The van der Waals surface area contributed by atoms with Gasteiger partial charge in [0, 0.05) is 51.0 Å². The molecule has 1 aliphatic heterocycles. The maximum absolute atomic E-state index is 12.3. The summed E-state index contributed by atoms with van der Waals surface area (Å²) < 4.78 is 0. The van der Waals surface area contributed by atoms with Crippen molar-refractivity contribution in [2.45, 2.75) is 31.8 Å². The second-order valence-electron chi connectivity index (χ2n) is 6.85. The topological polar surface area (TPSA) is 61.4 Å². The summed E-state index contributed by atoms with van der Waals surface area (Å²) >= 11 is 0. The molecule has 1 N–H and O–H groups in total. The molecule has 1 aliphatic rings. The fourth-order valence-electron chi connectivity index (χ4n) is 3.28. The smallest absolute Gasteiger partial charge is 0.221 e. The van der Waals surface area contributed by atoms with Crippen LogP contribution >= 0.6 is 0 Å². The molecule has 0 bridgehead atoms. The van der Waals surface area contributed by atoms with Crippen LogP contribution in [0, 0.1) is 0 Å². The number of nitrogens with one attached hydrogen (secondary N) is 1. The highest BCUT2D eigenvalue weighted by Crippen LogP contribution is 2.17. The third-order valence-corrected chi connectivity index (χ3v) is 4.64. The Balaban J connectivity index is 1.41.